The van der Waals surface area contributed by atoms with Gasteiger partial charge in [-0.15, -0.1) is 0 Å². The van der Waals surface area contributed by atoms with Crippen molar-refractivity contribution >= 4 is 16.9 Å². The first-order valence-electron chi connectivity index (χ1n) is 9.50. The molecular formula is C21H24N4O3. The number of H-pyrrole nitrogens is 1. The van der Waals surface area contributed by atoms with E-state index >= 15 is 0 Å². The highest BCUT2D eigenvalue weighted by molar-refractivity contribution is 5.99. The van der Waals surface area contributed by atoms with Crippen LogP contribution < -0.4 is 0 Å². The number of carbonyl (C=O) groups is 1. The summed E-state index contributed by atoms with van der Waals surface area (Å²) in [6.07, 6.45) is 6.06. The first kappa shape index (κ1) is 18.6. The summed E-state index contributed by atoms with van der Waals surface area (Å²) >= 11 is 0. The maximum Gasteiger partial charge on any atom is 0.256 e. The third kappa shape index (κ3) is 2.96. The Morgan fingerprint density at radius 2 is 2.04 bits per heavy atom. The Morgan fingerprint density at radius 1 is 1.25 bits per heavy atom. The Balaban J connectivity index is 1.61. The van der Waals surface area contributed by atoms with Crippen molar-refractivity contribution in [1.82, 2.24) is 19.9 Å². The van der Waals surface area contributed by atoms with Gasteiger partial charge in [0, 0.05) is 29.7 Å². The molecule has 0 radical (unpaired) electrons. The Morgan fingerprint density at radius 3 is 2.79 bits per heavy atom. The quantitative estimate of drug-likeness (QED) is 0.608. The lowest BCUT2D eigenvalue weighted by molar-refractivity contribution is 0.0394. The molecule has 4 heterocycles. The van der Waals surface area contributed by atoms with E-state index in [1.807, 2.05) is 37.5 Å². The molecule has 0 saturated heterocycles. The molecule has 0 fully saturated rings. The Labute approximate surface area is 163 Å². The average molecular weight is 380 g/mol. The van der Waals surface area contributed by atoms with Gasteiger partial charge in [0.05, 0.1) is 30.9 Å². The van der Waals surface area contributed by atoms with Crippen molar-refractivity contribution in [3.8, 4) is 0 Å². The van der Waals surface area contributed by atoms with Crippen LogP contribution in [0.4, 0.5) is 0 Å². The summed E-state index contributed by atoms with van der Waals surface area (Å²) in [4.78, 5) is 26.2. The van der Waals surface area contributed by atoms with E-state index in [2.05, 4.69) is 21.9 Å². The van der Waals surface area contributed by atoms with Gasteiger partial charge in [0.15, 0.2) is 0 Å². The molecule has 3 aromatic rings. The van der Waals surface area contributed by atoms with E-state index in [0.29, 0.717) is 5.56 Å². The average Bonchev–Trinajstić information content (AvgIpc) is 3.27. The van der Waals surface area contributed by atoms with Crippen LogP contribution in [-0.2, 0) is 6.42 Å². The minimum absolute atomic E-state index is 0.189. The van der Waals surface area contributed by atoms with Crippen molar-refractivity contribution in [2.24, 2.45) is 0 Å². The van der Waals surface area contributed by atoms with Crippen LogP contribution in [0.5, 0.6) is 0 Å². The number of aliphatic hydroxyl groups is 2. The second kappa shape index (κ2) is 7.33. The van der Waals surface area contributed by atoms with Crippen LogP contribution in [0.15, 0.2) is 36.8 Å². The predicted octanol–water partition coefficient (Wildman–Crippen LogP) is 2.17. The molecule has 2 unspecified atom stereocenters. The summed E-state index contributed by atoms with van der Waals surface area (Å²) in [6.45, 7) is 3.53. The zero-order valence-corrected chi connectivity index (χ0v) is 16.0. The Hall–Kier alpha value is -2.77. The van der Waals surface area contributed by atoms with Crippen LogP contribution in [0.1, 0.15) is 53.0 Å². The number of rotatable bonds is 6. The number of pyridine rings is 2. The summed E-state index contributed by atoms with van der Waals surface area (Å²) in [5, 5.41) is 20.1. The zero-order valence-electron chi connectivity index (χ0n) is 16.0. The van der Waals surface area contributed by atoms with E-state index in [-0.39, 0.29) is 31.1 Å². The van der Waals surface area contributed by atoms with Crippen LogP contribution in [0.2, 0.25) is 0 Å². The maximum absolute atomic E-state index is 12.7. The van der Waals surface area contributed by atoms with Gasteiger partial charge < -0.3 is 20.1 Å². The van der Waals surface area contributed by atoms with Crippen LogP contribution in [-0.4, -0.2) is 55.2 Å². The molecule has 2 atom stereocenters. The fourth-order valence-corrected chi connectivity index (χ4v) is 4.17. The van der Waals surface area contributed by atoms with Gasteiger partial charge in [-0.1, -0.05) is 6.92 Å². The van der Waals surface area contributed by atoms with Gasteiger partial charge >= 0.3 is 0 Å². The van der Waals surface area contributed by atoms with E-state index in [4.69, 9.17) is 0 Å². The van der Waals surface area contributed by atoms with Crippen molar-refractivity contribution in [1.29, 1.82) is 0 Å². The minimum Gasteiger partial charge on any atom is -0.394 e. The second-order valence-corrected chi connectivity index (χ2v) is 7.42. The topological polar surface area (TPSA) is 102 Å². The smallest absolute Gasteiger partial charge is 0.256 e. The summed E-state index contributed by atoms with van der Waals surface area (Å²) in [5.74, 6) is 0.0452. The van der Waals surface area contributed by atoms with Crippen LogP contribution in [0, 0.1) is 0 Å². The summed E-state index contributed by atoms with van der Waals surface area (Å²) in [6, 6.07) is 5.25. The van der Waals surface area contributed by atoms with Gasteiger partial charge in [-0.3, -0.25) is 9.78 Å². The van der Waals surface area contributed by atoms with E-state index in [0.717, 1.165) is 28.7 Å². The third-order valence-electron chi connectivity index (χ3n) is 5.68. The molecule has 1 amide bonds. The summed E-state index contributed by atoms with van der Waals surface area (Å²) in [5.41, 5.74) is 4.45. The minimum atomic E-state index is -0.601. The van der Waals surface area contributed by atoms with Crippen molar-refractivity contribution in [3.63, 3.8) is 0 Å². The number of fused-ring (bicyclic) bond motifs is 2. The highest BCUT2D eigenvalue weighted by Gasteiger charge is 2.38. The van der Waals surface area contributed by atoms with Gasteiger partial charge in [0.1, 0.15) is 5.65 Å². The van der Waals surface area contributed by atoms with Crippen molar-refractivity contribution in [2.45, 2.75) is 38.3 Å². The lowest BCUT2D eigenvalue weighted by Gasteiger charge is -2.29. The molecule has 0 saturated carbocycles. The molecule has 1 aliphatic heterocycles. The monoisotopic (exact) mass is 380 g/mol. The van der Waals surface area contributed by atoms with Crippen LogP contribution in [0.25, 0.3) is 11.0 Å². The van der Waals surface area contributed by atoms with E-state index in [9.17, 15) is 15.0 Å². The number of aliphatic hydroxyl groups excluding tert-OH is 2. The van der Waals surface area contributed by atoms with Crippen LogP contribution in [0.3, 0.4) is 0 Å². The van der Waals surface area contributed by atoms with E-state index in [1.165, 1.54) is 5.56 Å². The van der Waals surface area contributed by atoms with Gasteiger partial charge in [0.2, 0.25) is 0 Å². The number of amides is 1. The second-order valence-electron chi connectivity index (χ2n) is 7.42. The molecule has 3 N–H and O–H groups in total. The van der Waals surface area contributed by atoms with Gasteiger partial charge in [-0.05, 0) is 48.6 Å². The SMILES string of the molecule is CC(Cc1cc2c(cn1)C(=O)N(C(CO)CO)C2C)c1ccnc2[nH]ccc12. The number of aromatic amines is 1. The highest BCUT2D eigenvalue weighted by Crippen LogP contribution is 2.35. The largest absolute Gasteiger partial charge is 0.394 e. The molecule has 7 heteroatoms. The number of aromatic nitrogens is 3. The molecule has 0 aliphatic carbocycles. The van der Waals surface area contributed by atoms with Crippen molar-refractivity contribution in [2.75, 3.05) is 13.2 Å². The molecule has 7 nitrogen and oxygen atoms in total. The first-order chi connectivity index (χ1) is 13.5. The first-order valence-corrected chi connectivity index (χ1v) is 9.50. The highest BCUT2D eigenvalue weighted by atomic mass is 16.3. The fourth-order valence-electron chi connectivity index (χ4n) is 4.17. The lowest BCUT2D eigenvalue weighted by atomic mass is 9.93. The van der Waals surface area contributed by atoms with Gasteiger partial charge in [-0.2, -0.15) is 0 Å². The Kier molecular flexibility index (Phi) is 4.87. The molecule has 0 aromatic carbocycles. The molecule has 146 valence electrons. The van der Waals surface area contributed by atoms with Crippen molar-refractivity contribution < 1.29 is 15.0 Å². The molecule has 0 spiro atoms. The standard InChI is InChI=1S/C21H24N4O3/c1-12(16-3-5-22-20-17(16)4-6-23-20)7-14-8-18-13(2)25(15(10-26)11-27)21(28)19(18)9-24-14/h3-6,8-9,12-13,15,26-27H,7,10-11H2,1-2H3,(H,22,23). The summed E-state index contributed by atoms with van der Waals surface area (Å²) in [7, 11) is 0. The number of hydrogen-bond donors (Lipinski definition) is 3. The number of carbonyl (C=O) groups excluding carboxylic acids is 1. The predicted molar refractivity (Wildman–Crippen MR) is 105 cm³/mol. The van der Waals surface area contributed by atoms with Crippen molar-refractivity contribution in [3.05, 3.63) is 59.2 Å². The van der Waals surface area contributed by atoms with Gasteiger partial charge in [-0.25, -0.2) is 4.98 Å². The maximum atomic E-state index is 12.7. The number of hydrogen-bond acceptors (Lipinski definition) is 5. The van der Waals surface area contributed by atoms with E-state index in [1.54, 1.807) is 11.1 Å². The Bertz CT molecular complexity index is 1010. The molecule has 1 aliphatic rings. The molecule has 4 rings (SSSR count). The van der Waals surface area contributed by atoms with E-state index < -0.39 is 6.04 Å². The molecular weight excluding hydrogens is 356 g/mol. The molecule has 0 bridgehead atoms. The lowest BCUT2D eigenvalue weighted by Crippen LogP contribution is -2.42. The number of nitrogens with one attached hydrogen (secondary N) is 1. The normalized spacial score (nSPS) is 17.5. The molecule has 28 heavy (non-hydrogen) atoms. The van der Waals surface area contributed by atoms with Crippen LogP contribution >= 0.6 is 0 Å². The molecule has 3 aromatic heterocycles. The third-order valence-corrected chi connectivity index (χ3v) is 5.68. The fraction of sp³-hybridized carbons (Fsp3) is 0.381. The summed E-state index contributed by atoms with van der Waals surface area (Å²) < 4.78 is 0. The van der Waals surface area contributed by atoms with Gasteiger partial charge in [0.25, 0.3) is 5.91 Å². The number of nitrogens with zero attached hydrogens (tertiary/aromatic N) is 3. The zero-order chi connectivity index (χ0) is 19.8.